The van der Waals surface area contributed by atoms with Crippen LogP contribution in [0.5, 0.6) is 0 Å². The molecular weight excluding hydrogens is 250 g/mol. The van der Waals surface area contributed by atoms with Crippen molar-refractivity contribution in [2.75, 3.05) is 6.54 Å². The third-order valence-corrected chi connectivity index (χ3v) is 3.28. The van der Waals surface area contributed by atoms with Crippen molar-refractivity contribution in [1.82, 2.24) is 4.90 Å². The van der Waals surface area contributed by atoms with Gasteiger partial charge in [-0.2, -0.15) is 0 Å². The zero-order chi connectivity index (χ0) is 13.4. The Kier molecular flexibility index (Phi) is 2.96. The number of hydrogen-bond donors (Lipinski definition) is 1. The first-order valence-corrected chi connectivity index (χ1v) is 6.01. The van der Waals surface area contributed by atoms with Crippen LogP contribution in [0.1, 0.15) is 5.56 Å². The number of fused-ring (bicyclic) bond motifs is 2. The van der Waals surface area contributed by atoms with Crippen molar-refractivity contribution >= 4 is 11.9 Å². The first kappa shape index (κ1) is 12.1. The molecular formula is C13H13NO5. The van der Waals surface area contributed by atoms with Gasteiger partial charge in [-0.1, -0.05) is 30.3 Å². The van der Waals surface area contributed by atoms with Crippen molar-refractivity contribution in [3.05, 3.63) is 35.9 Å². The third kappa shape index (κ3) is 2.20. The Bertz CT molecular complexity index is 503. The molecule has 1 aromatic rings. The lowest BCUT2D eigenvalue weighted by molar-refractivity contribution is -0.173. The number of nitrogens with zero attached hydrogens (tertiary/aromatic N) is 1. The summed E-state index contributed by atoms with van der Waals surface area (Å²) >= 11 is 0. The van der Waals surface area contributed by atoms with Crippen molar-refractivity contribution < 1.29 is 24.2 Å². The Morgan fingerprint density at radius 3 is 2.74 bits per heavy atom. The van der Waals surface area contributed by atoms with E-state index in [1.54, 1.807) is 4.90 Å². The highest BCUT2D eigenvalue weighted by Gasteiger charge is 2.50. The maximum Gasteiger partial charge on any atom is 0.335 e. The van der Waals surface area contributed by atoms with Gasteiger partial charge in [-0.25, -0.2) is 4.79 Å². The van der Waals surface area contributed by atoms with Crippen molar-refractivity contribution in [3.63, 3.8) is 0 Å². The van der Waals surface area contributed by atoms with E-state index in [-0.39, 0.29) is 12.5 Å². The van der Waals surface area contributed by atoms with Crippen molar-refractivity contribution in [2.45, 2.75) is 25.0 Å². The maximum atomic E-state index is 12.0. The lowest BCUT2D eigenvalue weighted by Gasteiger charge is -2.30. The van der Waals surface area contributed by atoms with Crippen LogP contribution >= 0.6 is 0 Å². The molecule has 6 heteroatoms. The zero-order valence-electron chi connectivity index (χ0n) is 10.1. The fourth-order valence-corrected chi connectivity index (χ4v) is 2.36. The van der Waals surface area contributed by atoms with Gasteiger partial charge in [-0.15, -0.1) is 0 Å². The van der Waals surface area contributed by atoms with Gasteiger partial charge in [0.15, 0.2) is 6.10 Å². The molecule has 2 aliphatic heterocycles. The van der Waals surface area contributed by atoms with Gasteiger partial charge < -0.3 is 19.5 Å². The van der Waals surface area contributed by atoms with Crippen molar-refractivity contribution in [1.29, 1.82) is 0 Å². The minimum Gasteiger partial charge on any atom is -0.479 e. The second-order valence-corrected chi connectivity index (χ2v) is 4.61. The molecule has 0 aromatic heterocycles. The van der Waals surface area contributed by atoms with Crippen molar-refractivity contribution in [2.24, 2.45) is 0 Å². The van der Waals surface area contributed by atoms with Crippen molar-refractivity contribution in [3.8, 4) is 0 Å². The first-order valence-electron chi connectivity index (χ1n) is 6.01. The van der Waals surface area contributed by atoms with E-state index in [2.05, 4.69) is 0 Å². The zero-order valence-corrected chi connectivity index (χ0v) is 10.1. The molecule has 3 rings (SSSR count). The van der Waals surface area contributed by atoms with E-state index in [1.165, 1.54) is 0 Å². The number of rotatable bonds is 3. The minimum atomic E-state index is -1.10. The topological polar surface area (TPSA) is 76.1 Å². The number of carboxylic acids is 1. The summed E-state index contributed by atoms with van der Waals surface area (Å²) in [6.07, 6.45) is -2.73. The van der Waals surface area contributed by atoms with Gasteiger partial charge in [-0.05, 0) is 5.56 Å². The standard InChI is InChI=1S/C13H13NO5/c15-11-13-18-9(10(19-13)12(16)17)7-14(11)6-8-4-2-1-3-5-8/h1-5,9-10,13H,6-7H2,(H,16,17)/t9-,10-,13+/m1/s1. The largest absolute Gasteiger partial charge is 0.479 e. The van der Waals surface area contributed by atoms with E-state index in [0.29, 0.717) is 6.54 Å². The number of carbonyl (C=O) groups excluding carboxylic acids is 1. The SMILES string of the molecule is O=C(O)[C@@H]1O[C@@H]2O[C@@H]1CN(Cc1ccccc1)C2=O. The molecule has 2 bridgehead atoms. The number of carboxylic acid groups (broad SMARTS) is 1. The molecule has 0 unspecified atom stereocenters. The summed E-state index contributed by atoms with van der Waals surface area (Å²) in [5.41, 5.74) is 0.990. The number of hydrogen-bond acceptors (Lipinski definition) is 4. The Labute approximate surface area is 109 Å². The van der Waals surface area contributed by atoms with Gasteiger partial charge >= 0.3 is 5.97 Å². The van der Waals surface area contributed by atoms with Gasteiger partial charge in [0.1, 0.15) is 6.10 Å². The summed E-state index contributed by atoms with van der Waals surface area (Å²) in [6, 6.07) is 9.52. The van der Waals surface area contributed by atoms with Crippen LogP contribution in [0.2, 0.25) is 0 Å². The highest BCUT2D eigenvalue weighted by Crippen LogP contribution is 2.27. The maximum absolute atomic E-state index is 12.0. The molecule has 2 heterocycles. The number of carbonyl (C=O) groups is 2. The van der Waals surface area contributed by atoms with E-state index < -0.39 is 24.5 Å². The van der Waals surface area contributed by atoms with E-state index in [0.717, 1.165) is 5.56 Å². The molecule has 3 atom stereocenters. The lowest BCUT2D eigenvalue weighted by Crippen LogP contribution is -2.48. The van der Waals surface area contributed by atoms with Gasteiger partial charge in [0.25, 0.3) is 5.91 Å². The molecule has 1 N–H and O–H groups in total. The predicted molar refractivity (Wildman–Crippen MR) is 63.0 cm³/mol. The normalized spacial score (nSPS) is 29.6. The molecule has 0 spiro atoms. The molecule has 1 aromatic carbocycles. The Morgan fingerprint density at radius 1 is 1.32 bits per heavy atom. The number of ether oxygens (including phenoxy) is 2. The van der Waals surface area contributed by atoms with Gasteiger partial charge in [0, 0.05) is 6.54 Å². The number of amides is 1. The second kappa shape index (κ2) is 4.64. The van der Waals surface area contributed by atoms with Crippen LogP contribution in [0.15, 0.2) is 30.3 Å². The summed E-state index contributed by atoms with van der Waals surface area (Å²) in [6.45, 7) is 0.674. The minimum absolute atomic E-state index is 0.237. The Balaban J connectivity index is 1.75. The first-order chi connectivity index (χ1) is 9.15. The summed E-state index contributed by atoms with van der Waals surface area (Å²) in [7, 11) is 0. The van der Waals surface area contributed by atoms with Crippen LogP contribution in [-0.4, -0.2) is 46.9 Å². The van der Waals surface area contributed by atoms with Gasteiger partial charge in [0.05, 0.1) is 6.54 Å². The number of morpholine rings is 1. The molecule has 2 fully saturated rings. The van der Waals surface area contributed by atoms with Crippen LogP contribution < -0.4 is 0 Å². The molecule has 1 amide bonds. The average Bonchev–Trinajstić information content (AvgIpc) is 2.77. The summed E-state index contributed by atoms with van der Waals surface area (Å²) in [5.74, 6) is -1.41. The summed E-state index contributed by atoms with van der Waals surface area (Å²) in [4.78, 5) is 24.6. The Hall–Kier alpha value is -1.92. The molecule has 0 radical (unpaired) electrons. The van der Waals surface area contributed by atoms with E-state index >= 15 is 0 Å². The highest BCUT2D eigenvalue weighted by molar-refractivity contribution is 5.83. The predicted octanol–water partition coefficient (Wildman–Crippen LogP) is 0.223. The van der Waals surface area contributed by atoms with Gasteiger partial charge in [0.2, 0.25) is 6.29 Å². The van der Waals surface area contributed by atoms with Crippen LogP contribution in [0.3, 0.4) is 0 Å². The molecule has 100 valence electrons. The Morgan fingerprint density at radius 2 is 2.05 bits per heavy atom. The molecule has 19 heavy (non-hydrogen) atoms. The molecule has 0 aliphatic carbocycles. The summed E-state index contributed by atoms with van der Waals surface area (Å²) < 4.78 is 10.4. The summed E-state index contributed by atoms with van der Waals surface area (Å²) in [5, 5.41) is 8.99. The van der Waals surface area contributed by atoms with E-state index in [4.69, 9.17) is 14.6 Å². The lowest BCUT2D eigenvalue weighted by atomic mass is 10.1. The van der Waals surface area contributed by atoms with Crippen LogP contribution in [0, 0.1) is 0 Å². The van der Waals surface area contributed by atoms with E-state index in [1.807, 2.05) is 30.3 Å². The number of benzene rings is 1. The van der Waals surface area contributed by atoms with Crippen LogP contribution in [0.4, 0.5) is 0 Å². The van der Waals surface area contributed by atoms with Crippen LogP contribution in [0.25, 0.3) is 0 Å². The fraction of sp³-hybridized carbons (Fsp3) is 0.385. The molecule has 6 nitrogen and oxygen atoms in total. The smallest absolute Gasteiger partial charge is 0.335 e. The van der Waals surface area contributed by atoms with E-state index in [9.17, 15) is 9.59 Å². The molecule has 0 saturated carbocycles. The highest BCUT2D eigenvalue weighted by atomic mass is 16.7. The average molecular weight is 263 g/mol. The molecule has 2 aliphatic rings. The quantitative estimate of drug-likeness (QED) is 0.844. The van der Waals surface area contributed by atoms with Gasteiger partial charge in [-0.3, -0.25) is 4.79 Å². The number of aliphatic carboxylic acids is 1. The third-order valence-electron chi connectivity index (χ3n) is 3.28. The van der Waals surface area contributed by atoms with Crippen LogP contribution in [-0.2, 0) is 25.6 Å². The second-order valence-electron chi connectivity index (χ2n) is 4.61. The monoisotopic (exact) mass is 263 g/mol. The molecule has 2 saturated heterocycles. The fourth-order valence-electron chi connectivity index (χ4n) is 2.36.